The van der Waals surface area contributed by atoms with Crippen LogP contribution in [0, 0.1) is 0 Å². The first-order chi connectivity index (χ1) is 14.5. The van der Waals surface area contributed by atoms with E-state index in [2.05, 4.69) is 30.9 Å². The fourth-order valence-corrected chi connectivity index (χ4v) is 6.01. The van der Waals surface area contributed by atoms with Crippen LogP contribution in [0.25, 0.3) is 0 Å². The lowest BCUT2D eigenvalue weighted by Gasteiger charge is -2.17. The number of aliphatic imine (C=N–C) groups is 1. The van der Waals surface area contributed by atoms with Gasteiger partial charge in [-0.3, -0.25) is 14.7 Å². The predicted molar refractivity (Wildman–Crippen MR) is 129 cm³/mol. The third kappa shape index (κ3) is 4.13. The SMILES string of the molecule is CCCCN1C(=O)/C(=C2/Sc3ccc(Cl)cc3N2C)SC1=N[C@H](C)c1ccccc1. The molecule has 1 amide bonds. The number of unbranched alkanes of at least 4 members (excludes halogenated alkanes) is 1. The van der Waals surface area contributed by atoms with Crippen LogP contribution in [0.3, 0.4) is 0 Å². The smallest absolute Gasteiger partial charge is 0.269 e. The molecule has 0 aromatic heterocycles. The van der Waals surface area contributed by atoms with Crippen LogP contribution in [-0.2, 0) is 4.79 Å². The first-order valence-electron chi connectivity index (χ1n) is 10.1. The molecule has 0 saturated carbocycles. The van der Waals surface area contributed by atoms with E-state index in [1.165, 1.54) is 11.8 Å². The van der Waals surface area contributed by atoms with Crippen LogP contribution >= 0.6 is 35.1 Å². The second-order valence-corrected chi connectivity index (χ2v) is 9.76. The number of rotatable bonds is 5. The van der Waals surface area contributed by atoms with Crippen LogP contribution in [0.2, 0.25) is 5.02 Å². The van der Waals surface area contributed by atoms with Crippen molar-refractivity contribution < 1.29 is 4.79 Å². The van der Waals surface area contributed by atoms with E-state index in [1.807, 2.05) is 48.3 Å². The van der Waals surface area contributed by atoms with Gasteiger partial charge in [-0.1, -0.05) is 67.0 Å². The topological polar surface area (TPSA) is 35.9 Å². The van der Waals surface area contributed by atoms with Gasteiger partial charge < -0.3 is 4.90 Å². The maximum absolute atomic E-state index is 13.4. The molecule has 0 N–H and O–H groups in total. The molecule has 2 heterocycles. The Hall–Kier alpha value is -1.89. The molecule has 0 bridgehead atoms. The summed E-state index contributed by atoms with van der Waals surface area (Å²) in [6.45, 7) is 4.90. The molecular formula is C23H24ClN3OS2. The number of fused-ring (bicyclic) bond motifs is 1. The number of thioether (sulfide) groups is 2. The second kappa shape index (κ2) is 9.08. The van der Waals surface area contributed by atoms with E-state index in [0.29, 0.717) is 11.6 Å². The summed E-state index contributed by atoms with van der Waals surface area (Å²) in [7, 11) is 1.99. The largest absolute Gasteiger partial charge is 0.337 e. The average molecular weight is 458 g/mol. The zero-order chi connectivity index (χ0) is 21.3. The quantitative estimate of drug-likeness (QED) is 0.477. The van der Waals surface area contributed by atoms with Crippen LogP contribution < -0.4 is 4.90 Å². The van der Waals surface area contributed by atoms with Gasteiger partial charge in [0, 0.05) is 23.5 Å². The number of halogens is 1. The molecule has 30 heavy (non-hydrogen) atoms. The number of anilines is 1. The van der Waals surface area contributed by atoms with Gasteiger partial charge in [-0.05, 0) is 48.9 Å². The van der Waals surface area contributed by atoms with E-state index in [9.17, 15) is 4.79 Å². The Labute approximate surface area is 191 Å². The molecule has 1 atom stereocenters. The Balaban J connectivity index is 1.69. The molecule has 4 nitrogen and oxygen atoms in total. The van der Waals surface area contributed by atoms with Crippen molar-refractivity contribution in [3.05, 3.63) is 69.1 Å². The molecule has 4 rings (SSSR count). The number of carbonyl (C=O) groups excluding carboxylic acids is 1. The van der Waals surface area contributed by atoms with Crippen molar-refractivity contribution in [3.8, 4) is 0 Å². The molecular weight excluding hydrogens is 434 g/mol. The van der Waals surface area contributed by atoms with E-state index in [4.69, 9.17) is 16.6 Å². The maximum atomic E-state index is 13.4. The van der Waals surface area contributed by atoms with E-state index in [0.717, 1.165) is 44.1 Å². The normalized spacial score (nSPS) is 20.9. The van der Waals surface area contributed by atoms with Crippen molar-refractivity contribution in [1.82, 2.24) is 4.90 Å². The number of benzene rings is 2. The van der Waals surface area contributed by atoms with Crippen LogP contribution in [0.15, 0.2) is 68.4 Å². The predicted octanol–water partition coefficient (Wildman–Crippen LogP) is 6.54. The molecule has 2 aromatic carbocycles. The molecule has 2 aromatic rings. The highest BCUT2D eigenvalue weighted by molar-refractivity contribution is 8.19. The van der Waals surface area contributed by atoms with Gasteiger partial charge >= 0.3 is 0 Å². The average Bonchev–Trinajstić information content (AvgIpc) is 3.23. The molecule has 156 valence electrons. The highest BCUT2D eigenvalue weighted by atomic mass is 35.5. The number of amidine groups is 1. The Morgan fingerprint density at radius 3 is 2.63 bits per heavy atom. The van der Waals surface area contributed by atoms with E-state index in [1.54, 1.807) is 11.8 Å². The summed E-state index contributed by atoms with van der Waals surface area (Å²) in [6, 6.07) is 16.0. The molecule has 2 aliphatic rings. The van der Waals surface area contributed by atoms with Crippen molar-refractivity contribution >= 4 is 51.9 Å². The lowest BCUT2D eigenvalue weighted by atomic mass is 10.1. The van der Waals surface area contributed by atoms with Crippen LogP contribution in [0.4, 0.5) is 5.69 Å². The maximum Gasteiger partial charge on any atom is 0.269 e. The number of hydrogen-bond acceptors (Lipinski definition) is 5. The lowest BCUT2D eigenvalue weighted by Crippen LogP contribution is -2.31. The highest BCUT2D eigenvalue weighted by Gasteiger charge is 2.39. The van der Waals surface area contributed by atoms with E-state index in [-0.39, 0.29) is 11.9 Å². The summed E-state index contributed by atoms with van der Waals surface area (Å²) in [5.41, 5.74) is 2.18. The Kier molecular flexibility index (Phi) is 6.46. The molecule has 7 heteroatoms. The third-order valence-electron chi connectivity index (χ3n) is 5.17. The minimum atomic E-state index is -0.0139. The number of carbonyl (C=O) groups is 1. The molecule has 0 unspecified atom stereocenters. The summed E-state index contributed by atoms with van der Waals surface area (Å²) in [6.07, 6.45) is 1.98. The second-order valence-electron chi connectivity index (χ2n) is 7.32. The summed E-state index contributed by atoms with van der Waals surface area (Å²) in [5.74, 6) is 0.0423. The van der Waals surface area contributed by atoms with Gasteiger partial charge in [-0.15, -0.1) is 0 Å². The minimum Gasteiger partial charge on any atom is -0.337 e. The van der Waals surface area contributed by atoms with Crippen molar-refractivity contribution in [2.75, 3.05) is 18.5 Å². The highest BCUT2D eigenvalue weighted by Crippen LogP contribution is 2.50. The minimum absolute atomic E-state index is 0.0139. The third-order valence-corrected chi connectivity index (χ3v) is 7.85. The molecule has 0 spiro atoms. The van der Waals surface area contributed by atoms with Crippen LogP contribution in [0.1, 0.15) is 38.3 Å². The van der Waals surface area contributed by atoms with Crippen molar-refractivity contribution in [2.24, 2.45) is 4.99 Å². The van der Waals surface area contributed by atoms with Gasteiger partial charge in [0.2, 0.25) is 0 Å². The Morgan fingerprint density at radius 2 is 1.90 bits per heavy atom. The Bertz CT molecular complexity index is 1020. The summed E-state index contributed by atoms with van der Waals surface area (Å²) >= 11 is 9.30. The fraction of sp³-hybridized carbons (Fsp3) is 0.304. The van der Waals surface area contributed by atoms with Crippen molar-refractivity contribution in [2.45, 2.75) is 37.6 Å². The molecule has 2 aliphatic heterocycles. The van der Waals surface area contributed by atoms with Gasteiger partial charge in [0.25, 0.3) is 5.91 Å². The summed E-state index contributed by atoms with van der Waals surface area (Å²) in [5, 5.41) is 2.43. The van der Waals surface area contributed by atoms with Gasteiger partial charge in [0.05, 0.1) is 16.8 Å². The standard InChI is InChI=1S/C23H24ClN3OS2/c1-4-5-13-27-21(28)20(22-26(3)18-14-17(24)11-12-19(18)29-22)30-23(27)25-15(2)16-9-7-6-8-10-16/h6-12,14-15H,4-5,13H2,1-3H3/b22-20-,25-23?/t15-/m1/s1. The summed E-state index contributed by atoms with van der Waals surface area (Å²) < 4.78 is 0. The number of nitrogens with zero attached hydrogens (tertiary/aromatic N) is 3. The fourth-order valence-electron chi connectivity index (χ4n) is 3.44. The molecule has 0 aliphatic carbocycles. The monoisotopic (exact) mass is 457 g/mol. The first-order valence-corrected chi connectivity index (χ1v) is 12.1. The zero-order valence-electron chi connectivity index (χ0n) is 17.3. The van der Waals surface area contributed by atoms with E-state index < -0.39 is 0 Å². The van der Waals surface area contributed by atoms with Gasteiger partial charge in [-0.25, -0.2) is 0 Å². The van der Waals surface area contributed by atoms with Crippen LogP contribution in [-0.4, -0.2) is 29.6 Å². The number of amides is 1. The Morgan fingerprint density at radius 1 is 1.13 bits per heavy atom. The van der Waals surface area contributed by atoms with Gasteiger partial charge in [0.1, 0.15) is 4.91 Å². The summed E-state index contributed by atoms with van der Waals surface area (Å²) in [4.78, 5) is 24.1. The van der Waals surface area contributed by atoms with Crippen molar-refractivity contribution in [1.29, 1.82) is 0 Å². The van der Waals surface area contributed by atoms with Crippen molar-refractivity contribution in [3.63, 3.8) is 0 Å². The molecule has 1 saturated heterocycles. The van der Waals surface area contributed by atoms with Gasteiger partial charge in [-0.2, -0.15) is 0 Å². The lowest BCUT2D eigenvalue weighted by molar-refractivity contribution is -0.122. The number of hydrogen-bond donors (Lipinski definition) is 0. The van der Waals surface area contributed by atoms with Gasteiger partial charge in [0.15, 0.2) is 5.17 Å². The first kappa shape index (κ1) is 21.3. The van der Waals surface area contributed by atoms with E-state index >= 15 is 0 Å². The molecule has 0 radical (unpaired) electrons. The van der Waals surface area contributed by atoms with Crippen LogP contribution in [0.5, 0.6) is 0 Å². The zero-order valence-corrected chi connectivity index (χ0v) is 19.7. The molecule has 1 fully saturated rings.